The molecule has 4 amide bonds. The van der Waals surface area contributed by atoms with Crippen LogP contribution in [-0.4, -0.2) is 50.1 Å². The average Bonchev–Trinajstić information content (AvgIpc) is 3.05. The minimum absolute atomic E-state index is 0.00304. The van der Waals surface area contributed by atoms with Crippen molar-refractivity contribution in [2.75, 3.05) is 32.7 Å². The Morgan fingerprint density at radius 1 is 1.21 bits per heavy atom. The summed E-state index contributed by atoms with van der Waals surface area (Å²) in [6.45, 7) is -0.486. The van der Waals surface area contributed by atoms with E-state index in [-0.39, 0.29) is 23.1 Å². The molecule has 1 saturated heterocycles. The predicted octanol–water partition coefficient (Wildman–Crippen LogP) is 2.90. The molecule has 9 nitrogen and oxygen atoms in total. The third kappa shape index (κ3) is 5.37. The summed E-state index contributed by atoms with van der Waals surface area (Å²) in [6, 6.07) is 9.15. The highest BCUT2D eigenvalue weighted by molar-refractivity contribution is 6.32. The van der Waals surface area contributed by atoms with Crippen LogP contribution >= 0.6 is 11.6 Å². The van der Waals surface area contributed by atoms with Crippen molar-refractivity contribution in [2.24, 2.45) is 0 Å². The summed E-state index contributed by atoms with van der Waals surface area (Å²) in [5.74, 6) is 2.11. The lowest BCUT2D eigenvalue weighted by atomic mass is 10.1. The largest absolute Gasteiger partial charge is 0.495 e. The van der Waals surface area contributed by atoms with Gasteiger partial charge < -0.3 is 24.8 Å². The van der Waals surface area contributed by atoms with Gasteiger partial charge in [-0.2, -0.15) is 0 Å². The normalized spacial score (nSPS) is 14.0. The van der Waals surface area contributed by atoms with Gasteiger partial charge in [-0.25, -0.2) is 9.69 Å². The van der Waals surface area contributed by atoms with Crippen molar-refractivity contribution in [3.63, 3.8) is 0 Å². The number of imide groups is 1. The molecule has 2 aromatic rings. The maximum Gasteiger partial charge on any atom is 0.329 e. The van der Waals surface area contributed by atoms with Crippen LogP contribution in [0.1, 0.15) is 5.56 Å². The second-order valence-electron chi connectivity index (χ2n) is 6.65. The molecule has 33 heavy (non-hydrogen) atoms. The van der Waals surface area contributed by atoms with E-state index in [1.807, 2.05) is 0 Å². The van der Waals surface area contributed by atoms with Crippen molar-refractivity contribution in [3.8, 4) is 29.6 Å². The molecule has 1 fully saturated rings. The number of terminal acetylenes is 1. The fourth-order valence-electron chi connectivity index (χ4n) is 3.04. The molecule has 170 valence electrons. The number of amides is 4. The van der Waals surface area contributed by atoms with Gasteiger partial charge in [0.05, 0.1) is 24.9 Å². The van der Waals surface area contributed by atoms with Gasteiger partial charge >= 0.3 is 6.03 Å². The van der Waals surface area contributed by atoms with Gasteiger partial charge in [0.25, 0.3) is 5.91 Å². The molecular formula is C23H20ClN3O6. The van der Waals surface area contributed by atoms with E-state index in [9.17, 15) is 14.4 Å². The summed E-state index contributed by atoms with van der Waals surface area (Å²) >= 11 is 6.25. The molecule has 10 heteroatoms. The highest BCUT2D eigenvalue weighted by atomic mass is 35.5. The number of nitrogens with zero attached hydrogens (tertiary/aromatic N) is 1. The minimum Gasteiger partial charge on any atom is -0.495 e. The number of ether oxygens (including phenoxy) is 3. The SMILES string of the molecule is C#CCOc1c(Cl)cc(/C=C2/NC(=O)N(CC(=O)Nc3ccccc3OC)C2=O)cc1OC. The standard InChI is InChI=1S/C23H20ClN3O6/c1-4-9-33-21-15(24)10-14(12-19(21)32-3)11-17-22(29)27(23(30)26-17)13-20(28)25-16-7-5-6-8-18(16)31-2/h1,5-8,10-12H,9,13H2,2-3H3,(H,25,28)(H,26,30)/b17-11+. The number of halogens is 1. The van der Waals surface area contributed by atoms with E-state index >= 15 is 0 Å². The molecule has 0 radical (unpaired) electrons. The first-order valence-electron chi connectivity index (χ1n) is 9.59. The molecule has 2 N–H and O–H groups in total. The number of urea groups is 1. The van der Waals surface area contributed by atoms with Gasteiger partial charge in [-0.05, 0) is 35.9 Å². The van der Waals surface area contributed by atoms with E-state index in [0.29, 0.717) is 22.7 Å². The number of para-hydroxylation sites is 2. The zero-order valence-corrected chi connectivity index (χ0v) is 18.6. The minimum atomic E-state index is -0.728. The Morgan fingerprint density at radius 3 is 2.64 bits per heavy atom. The Morgan fingerprint density at radius 2 is 1.94 bits per heavy atom. The third-order valence-corrected chi connectivity index (χ3v) is 4.79. The molecule has 0 saturated carbocycles. The summed E-state index contributed by atoms with van der Waals surface area (Å²) in [6.07, 6.45) is 6.62. The monoisotopic (exact) mass is 469 g/mol. The van der Waals surface area contributed by atoms with E-state index < -0.39 is 24.4 Å². The molecule has 3 rings (SSSR count). The van der Waals surface area contributed by atoms with Gasteiger partial charge in [-0.1, -0.05) is 29.7 Å². The maximum absolute atomic E-state index is 12.7. The number of carbonyl (C=O) groups excluding carboxylic acids is 3. The third-order valence-electron chi connectivity index (χ3n) is 4.51. The lowest BCUT2D eigenvalue weighted by Gasteiger charge is -2.13. The Balaban J connectivity index is 1.76. The first kappa shape index (κ1) is 23.5. The molecule has 1 heterocycles. The summed E-state index contributed by atoms with van der Waals surface area (Å²) < 4.78 is 15.8. The van der Waals surface area contributed by atoms with Crippen LogP contribution in [0.3, 0.4) is 0 Å². The van der Waals surface area contributed by atoms with Crippen molar-refractivity contribution < 1.29 is 28.6 Å². The van der Waals surface area contributed by atoms with Gasteiger partial charge in [-0.3, -0.25) is 9.59 Å². The highest BCUT2D eigenvalue weighted by Crippen LogP contribution is 2.37. The number of anilines is 1. The number of hydrogen-bond donors (Lipinski definition) is 2. The van der Waals surface area contributed by atoms with E-state index in [1.165, 1.54) is 26.4 Å². The van der Waals surface area contributed by atoms with Gasteiger partial charge in [0.15, 0.2) is 11.5 Å². The Kier molecular flexibility index (Phi) is 7.43. The smallest absolute Gasteiger partial charge is 0.329 e. The first-order valence-corrected chi connectivity index (χ1v) is 9.97. The van der Waals surface area contributed by atoms with E-state index in [4.69, 9.17) is 32.2 Å². The number of methoxy groups -OCH3 is 2. The zero-order valence-electron chi connectivity index (χ0n) is 17.8. The van der Waals surface area contributed by atoms with Crippen LogP contribution in [0.5, 0.6) is 17.2 Å². The second-order valence-corrected chi connectivity index (χ2v) is 7.06. The number of rotatable bonds is 8. The van der Waals surface area contributed by atoms with Crippen molar-refractivity contribution in [1.82, 2.24) is 10.2 Å². The molecule has 0 aromatic heterocycles. The molecular weight excluding hydrogens is 450 g/mol. The van der Waals surface area contributed by atoms with Crippen molar-refractivity contribution >= 4 is 41.2 Å². The number of carbonyl (C=O) groups is 3. The van der Waals surface area contributed by atoms with E-state index in [2.05, 4.69) is 16.6 Å². The Labute approximate surface area is 195 Å². The molecule has 2 aromatic carbocycles. The molecule has 0 atom stereocenters. The fraction of sp³-hybridized carbons (Fsp3) is 0.174. The Bertz CT molecular complexity index is 1170. The van der Waals surface area contributed by atoms with Crippen LogP contribution in [0, 0.1) is 12.3 Å². The lowest BCUT2D eigenvalue weighted by Crippen LogP contribution is -2.38. The fourth-order valence-corrected chi connectivity index (χ4v) is 3.31. The van der Waals surface area contributed by atoms with Crippen molar-refractivity contribution in [3.05, 3.63) is 52.7 Å². The van der Waals surface area contributed by atoms with Gasteiger partial charge in [-0.15, -0.1) is 6.42 Å². The second kappa shape index (κ2) is 10.4. The molecule has 1 aliphatic heterocycles. The summed E-state index contributed by atoms with van der Waals surface area (Å²) in [4.78, 5) is 38.3. The first-order chi connectivity index (χ1) is 15.9. The topological polar surface area (TPSA) is 106 Å². The van der Waals surface area contributed by atoms with E-state index in [0.717, 1.165) is 4.90 Å². The van der Waals surface area contributed by atoms with Crippen LogP contribution in [0.25, 0.3) is 6.08 Å². The lowest BCUT2D eigenvalue weighted by molar-refractivity contribution is -0.127. The number of nitrogens with one attached hydrogen (secondary N) is 2. The summed E-state index contributed by atoms with van der Waals surface area (Å²) in [7, 11) is 2.89. The predicted molar refractivity (Wildman–Crippen MR) is 122 cm³/mol. The number of benzene rings is 2. The quantitative estimate of drug-likeness (QED) is 0.350. The van der Waals surface area contributed by atoms with Crippen LogP contribution in [0.4, 0.5) is 10.5 Å². The van der Waals surface area contributed by atoms with Crippen LogP contribution < -0.4 is 24.8 Å². The summed E-state index contributed by atoms with van der Waals surface area (Å²) in [5.41, 5.74) is 0.857. The molecule has 0 aliphatic carbocycles. The van der Waals surface area contributed by atoms with Crippen molar-refractivity contribution in [1.29, 1.82) is 0 Å². The highest BCUT2D eigenvalue weighted by Gasteiger charge is 2.35. The summed E-state index contributed by atoms with van der Waals surface area (Å²) in [5, 5.41) is 5.28. The van der Waals surface area contributed by atoms with Gasteiger partial charge in [0, 0.05) is 0 Å². The maximum atomic E-state index is 12.7. The zero-order chi connectivity index (χ0) is 24.0. The average molecular weight is 470 g/mol. The Hall–Kier alpha value is -4.16. The van der Waals surface area contributed by atoms with Crippen molar-refractivity contribution in [2.45, 2.75) is 0 Å². The molecule has 0 bridgehead atoms. The number of hydrogen-bond acceptors (Lipinski definition) is 6. The molecule has 0 unspecified atom stereocenters. The molecule has 0 spiro atoms. The van der Waals surface area contributed by atoms with Crippen LogP contribution in [-0.2, 0) is 9.59 Å². The van der Waals surface area contributed by atoms with Crippen LogP contribution in [0.15, 0.2) is 42.1 Å². The van der Waals surface area contributed by atoms with E-state index in [1.54, 1.807) is 30.3 Å². The molecule has 1 aliphatic rings. The van der Waals surface area contributed by atoms with Gasteiger partial charge in [0.2, 0.25) is 5.91 Å². The van der Waals surface area contributed by atoms with Crippen LogP contribution in [0.2, 0.25) is 5.02 Å². The van der Waals surface area contributed by atoms with Gasteiger partial charge in [0.1, 0.15) is 24.6 Å².